The zero-order valence-electron chi connectivity index (χ0n) is 15.9. The molecular formula is C16H37IN4OS. The van der Waals surface area contributed by atoms with E-state index in [0.717, 1.165) is 45.2 Å². The smallest absolute Gasteiger partial charge is 0.191 e. The molecule has 0 radical (unpaired) electrons. The Balaban J connectivity index is 0. The van der Waals surface area contributed by atoms with Crippen LogP contribution in [0.25, 0.3) is 0 Å². The largest absolute Gasteiger partial charge is 0.377 e. The summed E-state index contributed by atoms with van der Waals surface area (Å²) in [6.45, 7) is 12.8. The lowest BCUT2D eigenvalue weighted by Crippen LogP contribution is -2.43. The monoisotopic (exact) mass is 460 g/mol. The topological polar surface area (TPSA) is 48.9 Å². The van der Waals surface area contributed by atoms with Gasteiger partial charge >= 0.3 is 0 Å². The molecule has 1 unspecified atom stereocenters. The van der Waals surface area contributed by atoms with Crippen molar-refractivity contribution in [3.05, 3.63) is 0 Å². The molecule has 0 spiro atoms. The van der Waals surface area contributed by atoms with Crippen molar-refractivity contribution in [2.45, 2.75) is 45.0 Å². The van der Waals surface area contributed by atoms with Gasteiger partial charge in [0.15, 0.2) is 5.96 Å². The van der Waals surface area contributed by atoms with Crippen molar-refractivity contribution in [1.29, 1.82) is 0 Å². The second-order valence-corrected chi connectivity index (χ2v) is 7.72. The van der Waals surface area contributed by atoms with Gasteiger partial charge in [0.25, 0.3) is 0 Å². The van der Waals surface area contributed by atoms with Crippen LogP contribution in [0.15, 0.2) is 4.99 Å². The quantitative estimate of drug-likeness (QED) is 0.282. The predicted molar refractivity (Wildman–Crippen MR) is 116 cm³/mol. The number of thioether (sulfide) groups is 1. The average molecular weight is 460 g/mol. The Bertz CT molecular complexity index is 314. The van der Waals surface area contributed by atoms with Gasteiger partial charge in [0.2, 0.25) is 0 Å². The van der Waals surface area contributed by atoms with Crippen molar-refractivity contribution < 1.29 is 4.74 Å². The van der Waals surface area contributed by atoms with Crippen LogP contribution in [0, 0.1) is 0 Å². The van der Waals surface area contributed by atoms with E-state index in [1.165, 1.54) is 0 Å². The zero-order valence-corrected chi connectivity index (χ0v) is 19.1. The van der Waals surface area contributed by atoms with Crippen LogP contribution in [-0.4, -0.2) is 74.8 Å². The zero-order chi connectivity index (χ0) is 17.0. The van der Waals surface area contributed by atoms with Crippen LogP contribution < -0.4 is 10.6 Å². The van der Waals surface area contributed by atoms with Gasteiger partial charge in [-0.25, -0.2) is 0 Å². The van der Waals surface area contributed by atoms with Gasteiger partial charge in [-0.15, -0.1) is 24.0 Å². The van der Waals surface area contributed by atoms with Gasteiger partial charge < -0.3 is 20.3 Å². The van der Waals surface area contributed by atoms with Gasteiger partial charge in [0, 0.05) is 31.0 Å². The first-order valence-electron chi connectivity index (χ1n) is 8.18. The van der Waals surface area contributed by atoms with E-state index in [9.17, 15) is 0 Å². The van der Waals surface area contributed by atoms with Crippen LogP contribution >= 0.6 is 35.7 Å². The molecule has 0 aliphatic carbocycles. The molecule has 0 amide bonds. The number of ether oxygens (including phenoxy) is 1. The number of aliphatic imine (C=N–C) groups is 1. The first-order chi connectivity index (χ1) is 10.3. The Morgan fingerprint density at radius 3 is 2.39 bits per heavy atom. The highest BCUT2D eigenvalue weighted by Crippen LogP contribution is 2.20. The molecule has 7 heteroatoms. The molecular weight excluding hydrogens is 423 g/mol. The number of guanidine groups is 1. The minimum absolute atomic E-state index is 0. The van der Waals surface area contributed by atoms with Crippen molar-refractivity contribution in [2.75, 3.05) is 53.1 Å². The van der Waals surface area contributed by atoms with Gasteiger partial charge in [-0.2, -0.15) is 11.8 Å². The second kappa shape index (κ2) is 14.6. The summed E-state index contributed by atoms with van der Waals surface area (Å²) in [5, 5.41) is 6.72. The molecule has 0 bridgehead atoms. The Morgan fingerprint density at radius 1 is 1.26 bits per heavy atom. The molecule has 2 N–H and O–H groups in total. The molecule has 5 nitrogen and oxygen atoms in total. The Hall–Kier alpha value is 0.270. The molecule has 0 heterocycles. The third-order valence-corrected chi connectivity index (χ3v) is 4.55. The van der Waals surface area contributed by atoms with Gasteiger partial charge in [0.1, 0.15) is 0 Å². The van der Waals surface area contributed by atoms with E-state index in [0.29, 0.717) is 0 Å². The maximum Gasteiger partial charge on any atom is 0.191 e. The van der Waals surface area contributed by atoms with E-state index in [4.69, 9.17) is 9.73 Å². The number of nitrogens with one attached hydrogen (secondary N) is 2. The van der Waals surface area contributed by atoms with Crippen LogP contribution in [0.1, 0.15) is 34.1 Å². The van der Waals surface area contributed by atoms with Crippen molar-refractivity contribution in [3.63, 3.8) is 0 Å². The summed E-state index contributed by atoms with van der Waals surface area (Å²) in [6, 6.07) is 0. The van der Waals surface area contributed by atoms with Crippen LogP contribution in [0.3, 0.4) is 0 Å². The third-order valence-electron chi connectivity index (χ3n) is 3.31. The fourth-order valence-corrected chi connectivity index (χ4v) is 1.96. The van der Waals surface area contributed by atoms with Crippen LogP contribution in [0.2, 0.25) is 0 Å². The SMILES string of the molecule is CCNC(=NCC(C)(C)SC)NCC(CCN(C)C)OCC.I. The van der Waals surface area contributed by atoms with Gasteiger partial charge in [-0.3, -0.25) is 4.99 Å². The molecule has 0 saturated heterocycles. The van der Waals surface area contributed by atoms with Crippen LogP contribution in [-0.2, 0) is 4.74 Å². The van der Waals surface area contributed by atoms with Crippen LogP contribution in [0.5, 0.6) is 0 Å². The fraction of sp³-hybridized carbons (Fsp3) is 0.938. The number of halogens is 1. The maximum atomic E-state index is 5.81. The summed E-state index contributed by atoms with van der Waals surface area (Å²) in [6.07, 6.45) is 3.36. The van der Waals surface area contributed by atoms with Crippen molar-refractivity contribution in [2.24, 2.45) is 4.99 Å². The van der Waals surface area contributed by atoms with Gasteiger partial charge in [0.05, 0.1) is 12.6 Å². The van der Waals surface area contributed by atoms with Crippen molar-refractivity contribution in [1.82, 2.24) is 15.5 Å². The molecule has 23 heavy (non-hydrogen) atoms. The number of nitrogens with zero attached hydrogens (tertiary/aromatic N) is 2. The van der Waals surface area contributed by atoms with E-state index < -0.39 is 0 Å². The molecule has 0 fully saturated rings. The lowest BCUT2D eigenvalue weighted by Gasteiger charge is -2.23. The normalized spacial score (nSPS) is 13.7. The van der Waals surface area contributed by atoms with E-state index in [1.807, 2.05) is 18.7 Å². The van der Waals surface area contributed by atoms with Gasteiger partial charge in [-0.05, 0) is 54.5 Å². The van der Waals surface area contributed by atoms with E-state index >= 15 is 0 Å². The van der Waals surface area contributed by atoms with E-state index in [-0.39, 0.29) is 34.8 Å². The average Bonchev–Trinajstić information content (AvgIpc) is 2.47. The summed E-state index contributed by atoms with van der Waals surface area (Å²) in [4.78, 5) is 6.88. The summed E-state index contributed by atoms with van der Waals surface area (Å²) in [7, 11) is 4.18. The molecule has 0 aliphatic heterocycles. The molecule has 0 aliphatic rings. The number of hydrogen-bond acceptors (Lipinski definition) is 4. The van der Waals surface area contributed by atoms with E-state index in [2.05, 4.69) is 56.7 Å². The predicted octanol–water partition coefficient (Wildman–Crippen LogP) is 2.66. The summed E-state index contributed by atoms with van der Waals surface area (Å²) >= 11 is 1.84. The first kappa shape index (κ1) is 25.5. The molecule has 0 aromatic heterocycles. The standard InChI is InChI=1S/C16H36N4OS.HI/c1-8-17-15(19-13-16(3,4)22-7)18-12-14(21-9-2)10-11-20(5)6;/h14H,8-13H2,1-7H3,(H2,17,18,19);1H. The Morgan fingerprint density at radius 2 is 1.91 bits per heavy atom. The highest BCUT2D eigenvalue weighted by Gasteiger charge is 2.16. The highest BCUT2D eigenvalue weighted by atomic mass is 127. The van der Waals surface area contributed by atoms with Crippen molar-refractivity contribution >= 4 is 41.7 Å². The Kier molecular flexibility index (Phi) is 16.2. The lowest BCUT2D eigenvalue weighted by atomic mass is 10.2. The molecule has 1 atom stereocenters. The molecule has 0 rings (SSSR count). The maximum absolute atomic E-state index is 5.81. The molecule has 140 valence electrons. The minimum atomic E-state index is 0. The molecule has 0 aromatic rings. The summed E-state index contributed by atoms with van der Waals surface area (Å²) in [5.74, 6) is 0.874. The fourth-order valence-electron chi connectivity index (χ4n) is 1.77. The minimum Gasteiger partial charge on any atom is -0.377 e. The number of hydrogen-bond donors (Lipinski definition) is 2. The van der Waals surface area contributed by atoms with E-state index in [1.54, 1.807) is 0 Å². The second-order valence-electron chi connectivity index (χ2n) is 6.21. The Labute approximate surface area is 164 Å². The van der Waals surface area contributed by atoms with Gasteiger partial charge in [-0.1, -0.05) is 0 Å². The molecule has 0 aromatic carbocycles. The summed E-state index contributed by atoms with van der Waals surface area (Å²) in [5.41, 5.74) is 0. The summed E-state index contributed by atoms with van der Waals surface area (Å²) < 4.78 is 5.97. The van der Waals surface area contributed by atoms with Crippen LogP contribution in [0.4, 0.5) is 0 Å². The highest BCUT2D eigenvalue weighted by molar-refractivity contribution is 14.0. The first-order valence-corrected chi connectivity index (χ1v) is 9.40. The third kappa shape index (κ3) is 14.3. The lowest BCUT2D eigenvalue weighted by molar-refractivity contribution is 0.0548. The molecule has 0 saturated carbocycles. The van der Waals surface area contributed by atoms with Crippen molar-refractivity contribution in [3.8, 4) is 0 Å². The number of rotatable bonds is 11.